The van der Waals surface area contributed by atoms with Gasteiger partial charge < -0.3 is 14.2 Å². The number of fused-ring (bicyclic) bond motifs is 1. The summed E-state index contributed by atoms with van der Waals surface area (Å²) < 4.78 is 50.3. The van der Waals surface area contributed by atoms with Crippen molar-refractivity contribution >= 4 is 28.6 Å². The molecule has 1 saturated heterocycles. The number of amides is 3. The third-order valence-corrected chi connectivity index (χ3v) is 5.66. The normalized spacial score (nSPS) is 14.7. The number of urea groups is 1. The maximum Gasteiger partial charge on any atom is 0.437 e. The molecule has 0 saturated carbocycles. The quantitative estimate of drug-likeness (QED) is 0.445. The Bertz CT molecular complexity index is 1410. The Morgan fingerprint density at radius 1 is 1.19 bits per heavy atom. The molecular weight excluding hydrogens is 487 g/mol. The molecule has 1 aliphatic heterocycles. The highest BCUT2D eigenvalue weighted by atomic mass is 19.4. The van der Waals surface area contributed by atoms with Gasteiger partial charge in [-0.2, -0.15) is 13.2 Å². The second-order valence-electron chi connectivity index (χ2n) is 8.09. The van der Waals surface area contributed by atoms with Crippen molar-refractivity contribution in [3.05, 3.63) is 50.4 Å². The molecule has 14 heteroatoms. The molecule has 0 bridgehead atoms. The molecule has 0 unspecified atom stereocenters. The molecule has 4 rings (SSSR count). The SMILES string of the molecule is CCCc1c(OCCCN2C(=O)CCN(c3c[nH]c(=O)[nH]c3=O)C2=O)ccc2c(C(F)(F)F)noc12. The first kappa shape index (κ1) is 25.0. The van der Waals surface area contributed by atoms with E-state index in [4.69, 9.17) is 9.26 Å². The van der Waals surface area contributed by atoms with Gasteiger partial charge in [-0.1, -0.05) is 18.5 Å². The van der Waals surface area contributed by atoms with E-state index >= 15 is 0 Å². The molecule has 192 valence electrons. The van der Waals surface area contributed by atoms with Gasteiger partial charge in [0.2, 0.25) is 5.91 Å². The average Bonchev–Trinajstić information content (AvgIpc) is 3.25. The van der Waals surface area contributed by atoms with Crippen molar-refractivity contribution in [3.63, 3.8) is 0 Å². The van der Waals surface area contributed by atoms with Gasteiger partial charge in [-0.3, -0.25) is 24.4 Å². The summed E-state index contributed by atoms with van der Waals surface area (Å²) in [6.45, 7) is 1.88. The minimum absolute atomic E-state index is 0.00447. The number of aryl methyl sites for hydroxylation is 1. The van der Waals surface area contributed by atoms with Crippen LogP contribution in [0.5, 0.6) is 5.75 Å². The summed E-state index contributed by atoms with van der Waals surface area (Å²) in [6, 6.07) is 1.94. The number of hydrogen-bond donors (Lipinski definition) is 2. The minimum Gasteiger partial charge on any atom is -0.493 e. The van der Waals surface area contributed by atoms with Crippen molar-refractivity contribution in [2.75, 3.05) is 24.6 Å². The van der Waals surface area contributed by atoms with Crippen LogP contribution in [-0.2, 0) is 17.4 Å². The molecule has 3 aromatic rings. The Morgan fingerprint density at radius 3 is 2.67 bits per heavy atom. The van der Waals surface area contributed by atoms with Crippen LogP contribution in [0.3, 0.4) is 0 Å². The average molecular weight is 509 g/mol. The molecule has 11 nitrogen and oxygen atoms in total. The zero-order chi connectivity index (χ0) is 26.0. The van der Waals surface area contributed by atoms with Gasteiger partial charge in [0.05, 0.1) is 12.0 Å². The number of rotatable bonds is 8. The van der Waals surface area contributed by atoms with E-state index in [9.17, 15) is 32.3 Å². The zero-order valence-corrected chi connectivity index (χ0v) is 19.1. The van der Waals surface area contributed by atoms with Gasteiger partial charge in [0, 0.05) is 31.3 Å². The summed E-state index contributed by atoms with van der Waals surface area (Å²) in [5, 5.41) is 3.03. The van der Waals surface area contributed by atoms with Gasteiger partial charge in [0.15, 0.2) is 11.3 Å². The number of aromatic nitrogens is 3. The standard InChI is InChI=1S/C22H22F3N5O6/c1-2-4-12-15(6-5-13-17(12)36-28-18(13)22(23,24)25)35-10-3-8-30-16(31)7-9-29(21(30)34)14-11-26-20(33)27-19(14)32/h5-6,11H,2-4,7-10H2,1H3,(H2,26,27,32,33). The number of halogens is 3. The molecule has 0 radical (unpaired) electrons. The van der Waals surface area contributed by atoms with Crippen LogP contribution in [0.15, 0.2) is 32.4 Å². The van der Waals surface area contributed by atoms with Gasteiger partial charge in [-0.05, 0) is 25.0 Å². The molecule has 1 fully saturated rings. The Hall–Kier alpha value is -4.10. The van der Waals surface area contributed by atoms with Crippen molar-refractivity contribution in [1.29, 1.82) is 0 Å². The predicted molar refractivity (Wildman–Crippen MR) is 120 cm³/mol. The molecule has 36 heavy (non-hydrogen) atoms. The second kappa shape index (κ2) is 9.87. The second-order valence-corrected chi connectivity index (χ2v) is 8.09. The fourth-order valence-corrected chi connectivity index (χ4v) is 4.01. The molecular formula is C22H22F3N5O6. The summed E-state index contributed by atoms with van der Waals surface area (Å²) >= 11 is 0. The van der Waals surface area contributed by atoms with E-state index < -0.39 is 35.1 Å². The van der Waals surface area contributed by atoms with Crippen molar-refractivity contribution in [2.45, 2.75) is 38.8 Å². The number of carbonyl (C=O) groups excluding carboxylic acids is 2. The van der Waals surface area contributed by atoms with E-state index in [0.717, 1.165) is 16.0 Å². The summed E-state index contributed by atoms with van der Waals surface area (Å²) in [5.74, 6) is -0.0987. The van der Waals surface area contributed by atoms with Crippen LogP contribution in [0, 0.1) is 0 Å². The Morgan fingerprint density at radius 2 is 1.97 bits per heavy atom. The number of aromatic amines is 2. The van der Waals surface area contributed by atoms with E-state index in [2.05, 4.69) is 10.1 Å². The first-order valence-corrected chi connectivity index (χ1v) is 11.2. The molecule has 1 aromatic carbocycles. The van der Waals surface area contributed by atoms with Gasteiger partial charge in [-0.25, -0.2) is 9.59 Å². The summed E-state index contributed by atoms with van der Waals surface area (Å²) in [4.78, 5) is 54.9. The molecule has 2 aromatic heterocycles. The molecule has 1 aliphatic rings. The number of anilines is 1. The number of nitrogens with one attached hydrogen (secondary N) is 2. The highest BCUT2D eigenvalue weighted by Crippen LogP contribution is 2.38. The van der Waals surface area contributed by atoms with Crippen LogP contribution in [0.2, 0.25) is 0 Å². The van der Waals surface area contributed by atoms with E-state index in [1.807, 2.05) is 11.9 Å². The van der Waals surface area contributed by atoms with E-state index in [1.54, 1.807) is 0 Å². The van der Waals surface area contributed by atoms with Crippen LogP contribution in [0.25, 0.3) is 11.0 Å². The van der Waals surface area contributed by atoms with Crippen LogP contribution in [-0.4, -0.2) is 51.7 Å². The highest BCUT2D eigenvalue weighted by molar-refractivity contribution is 6.05. The molecule has 0 spiro atoms. The van der Waals surface area contributed by atoms with Gasteiger partial charge in [0.25, 0.3) is 5.56 Å². The fraction of sp³-hybridized carbons (Fsp3) is 0.409. The number of H-pyrrole nitrogens is 2. The van der Waals surface area contributed by atoms with Crippen molar-refractivity contribution in [2.24, 2.45) is 0 Å². The number of alkyl halides is 3. The number of nitrogens with zero attached hydrogens (tertiary/aromatic N) is 3. The smallest absolute Gasteiger partial charge is 0.437 e. The Labute approximate surface area is 200 Å². The first-order valence-electron chi connectivity index (χ1n) is 11.2. The van der Waals surface area contributed by atoms with Crippen molar-refractivity contribution in [3.8, 4) is 5.75 Å². The van der Waals surface area contributed by atoms with Gasteiger partial charge in [-0.15, -0.1) is 0 Å². The Balaban J connectivity index is 1.45. The maximum absolute atomic E-state index is 13.2. The molecule has 3 heterocycles. The largest absolute Gasteiger partial charge is 0.493 e. The molecule has 0 atom stereocenters. The lowest BCUT2D eigenvalue weighted by atomic mass is 10.0. The molecule has 3 amide bonds. The number of benzene rings is 1. The van der Waals surface area contributed by atoms with Crippen molar-refractivity contribution < 1.29 is 32.0 Å². The van der Waals surface area contributed by atoms with Crippen LogP contribution >= 0.6 is 0 Å². The lowest BCUT2D eigenvalue weighted by Crippen LogP contribution is -2.54. The lowest BCUT2D eigenvalue weighted by Gasteiger charge is -2.33. The minimum atomic E-state index is -4.65. The molecule has 2 N–H and O–H groups in total. The molecule has 0 aliphatic carbocycles. The van der Waals surface area contributed by atoms with Gasteiger partial charge >= 0.3 is 17.9 Å². The maximum atomic E-state index is 13.2. The lowest BCUT2D eigenvalue weighted by molar-refractivity contribution is -0.141. The van der Waals surface area contributed by atoms with E-state index in [-0.39, 0.29) is 49.2 Å². The third-order valence-electron chi connectivity index (χ3n) is 5.66. The number of ether oxygens (including phenoxy) is 1. The van der Waals surface area contributed by atoms with Crippen LogP contribution in [0.1, 0.15) is 37.4 Å². The predicted octanol–water partition coefficient (Wildman–Crippen LogP) is 2.80. The first-order chi connectivity index (χ1) is 17.1. The van der Waals surface area contributed by atoms with E-state index in [1.165, 1.54) is 12.1 Å². The van der Waals surface area contributed by atoms with Crippen LogP contribution in [0.4, 0.5) is 23.7 Å². The number of hydrogen-bond acceptors (Lipinski definition) is 7. The summed E-state index contributed by atoms with van der Waals surface area (Å²) in [5.41, 5.74) is -2.22. The van der Waals surface area contributed by atoms with Gasteiger partial charge in [0.1, 0.15) is 11.4 Å². The number of imide groups is 1. The summed E-state index contributed by atoms with van der Waals surface area (Å²) in [6.07, 6.45) is -2.33. The van der Waals surface area contributed by atoms with Crippen LogP contribution < -0.4 is 20.9 Å². The topological polar surface area (TPSA) is 142 Å². The van der Waals surface area contributed by atoms with Crippen molar-refractivity contribution in [1.82, 2.24) is 20.0 Å². The zero-order valence-electron chi connectivity index (χ0n) is 19.1. The van der Waals surface area contributed by atoms with E-state index in [0.29, 0.717) is 24.2 Å². The fourth-order valence-electron chi connectivity index (χ4n) is 4.01. The highest BCUT2D eigenvalue weighted by Gasteiger charge is 2.38. The monoisotopic (exact) mass is 509 g/mol. The summed E-state index contributed by atoms with van der Waals surface area (Å²) in [7, 11) is 0. The number of carbonyl (C=O) groups is 2. The third kappa shape index (κ3) is 4.83. The Kier molecular flexibility index (Phi) is 6.86.